The lowest BCUT2D eigenvalue weighted by Crippen LogP contribution is -2.44. The Bertz CT molecular complexity index is 450. The lowest BCUT2D eigenvalue weighted by molar-refractivity contribution is -0.726. The Morgan fingerprint density at radius 3 is 2.25 bits per heavy atom. The van der Waals surface area contributed by atoms with Crippen LogP contribution in [0.2, 0.25) is 0 Å². The Labute approximate surface area is 119 Å². The van der Waals surface area contributed by atoms with Crippen LogP contribution in [-0.2, 0) is 11.4 Å². The number of benzene rings is 1. The number of amidine groups is 1. The summed E-state index contributed by atoms with van der Waals surface area (Å²) in [5.41, 5.74) is 0.976. The zero-order valence-electron chi connectivity index (χ0n) is 12.3. The number of hydrogen-bond donors (Lipinski definition) is 0. The molecule has 0 aromatic heterocycles. The highest BCUT2D eigenvalue weighted by Gasteiger charge is 2.21. The number of aliphatic imine (C=N–C) groups is 1. The van der Waals surface area contributed by atoms with Gasteiger partial charge in [0.2, 0.25) is 0 Å². The van der Waals surface area contributed by atoms with Gasteiger partial charge in [0.25, 0.3) is 6.02 Å². The summed E-state index contributed by atoms with van der Waals surface area (Å²) < 4.78 is 0. The van der Waals surface area contributed by atoms with Crippen molar-refractivity contribution in [3.8, 4) is 0 Å². The maximum absolute atomic E-state index is 10.6. The average Bonchev–Trinajstić information content (AvgIpc) is 2.35. The summed E-state index contributed by atoms with van der Waals surface area (Å²) in [5.74, 6) is 0. The van der Waals surface area contributed by atoms with Gasteiger partial charge in [-0.1, -0.05) is 30.3 Å². The molecule has 0 bridgehead atoms. The fraction of sp³-hybridized carbons (Fsp3) is 0.500. The molecule has 1 aromatic carbocycles. The Kier molecular flexibility index (Phi) is 5.96. The molecule has 0 fully saturated rings. The van der Waals surface area contributed by atoms with Crippen LogP contribution < -0.4 is 0 Å². The first-order valence-electron chi connectivity index (χ1n) is 6.61. The molecule has 0 unspecified atom stereocenters. The van der Waals surface area contributed by atoms with Crippen LogP contribution in [0.5, 0.6) is 0 Å². The van der Waals surface area contributed by atoms with Crippen molar-refractivity contribution >= 4 is 6.02 Å². The van der Waals surface area contributed by atoms with E-state index in [1.54, 1.807) is 4.90 Å². The van der Waals surface area contributed by atoms with Gasteiger partial charge < -0.3 is 4.90 Å². The maximum Gasteiger partial charge on any atom is 0.302 e. The zero-order chi connectivity index (χ0) is 15.1. The highest BCUT2D eigenvalue weighted by Crippen LogP contribution is 2.10. The van der Waals surface area contributed by atoms with E-state index in [0.717, 1.165) is 5.56 Å². The monoisotopic (exact) mass is 279 g/mol. The van der Waals surface area contributed by atoms with Crippen LogP contribution in [0.25, 0.3) is 0 Å². The van der Waals surface area contributed by atoms with Gasteiger partial charge in [0.15, 0.2) is 0 Å². The lowest BCUT2D eigenvalue weighted by Gasteiger charge is -2.31. The van der Waals surface area contributed by atoms with Gasteiger partial charge in [0.05, 0.1) is 6.54 Å². The second kappa shape index (κ2) is 7.47. The van der Waals surface area contributed by atoms with Gasteiger partial charge in [-0.15, -0.1) is 10.1 Å². The molecule has 0 amide bonds. The molecule has 6 heteroatoms. The third-order valence-corrected chi connectivity index (χ3v) is 2.73. The van der Waals surface area contributed by atoms with Crippen LogP contribution in [0.4, 0.5) is 0 Å². The Morgan fingerprint density at radius 1 is 1.25 bits per heavy atom. The van der Waals surface area contributed by atoms with Gasteiger partial charge in [0, 0.05) is 12.1 Å². The summed E-state index contributed by atoms with van der Waals surface area (Å²) in [6.45, 7) is 8.13. The normalized spacial score (nSPS) is 11.8. The molecule has 0 heterocycles. The van der Waals surface area contributed by atoms with Gasteiger partial charge in [-0.05, 0) is 33.3 Å². The number of rotatable bonds is 5. The SMILES string of the molecule is CC(C)N(C(=NCc1ccccc1)O[N+](=O)[O-])C(C)C. The van der Waals surface area contributed by atoms with E-state index in [9.17, 15) is 10.1 Å². The first-order chi connectivity index (χ1) is 9.41. The summed E-state index contributed by atoms with van der Waals surface area (Å²) in [5, 5.41) is 9.83. The van der Waals surface area contributed by atoms with Crippen LogP contribution in [0.15, 0.2) is 35.3 Å². The van der Waals surface area contributed by atoms with Crippen molar-refractivity contribution in [2.24, 2.45) is 4.99 Å². The first kappa shape index (κ1) is 15.9. The molecule has 0 saturated carbocycles. The minimum Gasteiger partial charge on any atom is -0.333 e. The molecule has 1 rings (SSSR count). The highest BCUT2D eigenvalue weighted by molar-refractivity contribution is 5.73. The Morgan fingerprint density at radius 2 is 1.80 bits per heavy atom. The molecular formula is C14H21N3O3. The first-order valence-corrected chi connectivity index (χ1v) is 6.61. The van der Waals surface area contributed by atoms with Crippen LogP contribution >= 0.6 is 0 Å². The molecular weight excluding hydrogens is 258 g/mol. The third-order valence-electron chi connectivity index (χ3n) is 2.73. The van der Waals surface area contributed by atoms with Crippen molar-refractivity contribution < 1.29 is 9.92 Å². The smallest absolute Gasteiger partial charge is 0.302 e. The van der Waals surface area contributed by atoms with Crippen molar-refractivity contribution in [1.29, 1.82) is 0 Å². The summed E-state index contributed by atoms with van der Waals surface area (Å²) in [7, 11) is 0. The van der Waals surface area contributed by atoms with Crippen molar-refractivity contribution in [3.63, 3.8) is 0 Å². The molecule has 110 valence electrons. The fourth-order valence-electron chi connectivity index (χ4n) is 2.00. The van der Waals surface area contributed by atoms with E-state index in [-0.39, 0.29) is 18.1 Å². The molecule has 20 heavy (non-hydrogen) atoms. The summed E-state index contributed by atoms with van der Waals surface area (Å²) in [6, 6.07) is 9.72. The average molecular weight is 279 g/mol. The van der Waals surface area contributed by atoms with Crippen molar-refractivity contribution in [3.05, 3.63) is 46.0 Å². The molecule has 0 atom stereocenters. The van der Waals surface area contributed by atoms with E-state index >= 15 is 0 Å². The van der Waals surface area contributed by atoms with Crippen LogP contribution in [0, 0.1) is 10.1 Å². The Balaban J connectivity index is 2.95. The van der Waals surface area contributed by atoms with Gasteiger partial charge in [-0.25, -0.2) is 9.83 Å². The minimum atomic E-state index is -0.818. The molecule has 0 spiro atoms. The number of nitrogens with zero attached hydrogens (tertiary/aromatic N) is 3. The van der Waals surface area contributed by atoms with E-state index < -0.39 is 5.09 Å². The van der Waals surface area contributed by atoms with Crippen molar-refractivity contribution in [2.45, 2.75) is 46.3 Å². The molecule has 0 aliphatic rings. The van der Waals surface area contributed by atoms with Gasteiger partial charge in [-0.2, -0.15) is 0 Å². The van der Waals surface area contributed by atoms with E-state index in [1.165, 1.54) is 0 Å². The van der Waals surface area contributed by atoms with E-state index in [4.69, 9.17) is 0 Å². The molecule has 0 aliphatic heterocycles. The van der Waals surface area contributed by atoms with Crippen molar-refractivity contribution in [1.82, 2.24) is 4.90 Å². The van der Waals surface area contributed by atoms with Crippen molar-refractivity contribution in [2.75, 3.05) is 0 Å². The standard InChI is InChI=1S/C14H21N3O3/c1-11(2)16(12(3)4)14(20-17(18)19)15-10-13-8-6-5-7-9-13/h5-9,11-12H,10H2,1-4H3. The summed E-state index contributed by atoms with van der Waals surface area (Å²) in [4.78, 5) is 21.3. The van der Waals surface area contributed by atoms with Gasteiger partial charge in [-0.3, -0.25) is 0 Å². The molecule has 0 radical (unpaired) electrons. The predicted molar refractivity (Wildman–Crippen MR) is 77.8 cm³/mol. The number of hydrogen-bond acceptors (Lipinski definition) is 4. The fourth-order valence-corrected chi connectivity index (χ4v) is 2.00. The van der Waals surface area contributed by atoms with E-state index in [1.807, 2.05) is 58.0 Å². The van der Waals surface area contributed by atoms with E-state index in [2.05, 4.69) is 9.83 Å². The van der Waals surface area contributed by atoms with Gasteiger partial charge >= 0.3 is 5.09 Å². The maximum atomic E-state index is 10.6. The van der Waals surface area contributed by atoms with Crippen LogP contribution in [0.3, 0.4) is 0 Å². The third kappa shape index (κ3) is 4.87. The van der Waals surface area contributed by atoms with Gasteiger partial charge in [0.1, 0.15) is 0 Å². The summed E-state index contributed by atoms with van der Waals surface area (Å²) in [6.07, 6.45) is 0. The topological polar surface area (TPSA) is 68.0 Å². The second-order valence-corrected chi connectivity index (χ2v) is 4.99. The molecule has 0 N–H and O–H groups in total. The van der Waals surface area contributed by atoms with Crippen LogP contribution in [-0.4, -0.2) is 28.1 Å². The summed E-state index contributed by atoms with van der Waals surface area (Å²) >= 11 is 0. The minimum absolute atomic E-state index is 0.0452. The second-order valence-electron chi connectivity index (χ2n) is 4.99. The van der Waals surface area contributed by atoms with Crippen LogP contribution in [0.1, 0.15) is 33.3 Å². The predicted octanol–water partition coefficient (Wildman–Crippen LogP) is 2.87. The molecule has 0 aliphatic carbocycles. The highest BCUT2D eigenvalue weighted by atomic mass is 17.0. The largest absolute Gasteiger partial charge is 0.333 e. The lowest BCUT2D eigenvalue weighted by atomic mass is 10.2. The molecule has 1 aromatic rings. The molecule has 6 nitrogen and oxygen atoms in total. The quantitative estimate of drug-likeness (QED) is 0.360. The van der Waals surface area contributed by atoms with E-state index in [0.29, 0.717) is 6.54 Å². The molecule has 0 saturated heterocycles. The Hall–Kier alpha value is -2.11. The zero-order valence-corrected chi connectivity index (χ0v) is 12.3.